The number of amides is 2. The molecule has 2 N–H and O–H groups in total. The van der Waals surface area contributed by atoms with E-state index >= 15 is 0 Å². The molecule has 134 valence electrons. The van der Waals surface area contributed by atoms with E-state index in [1.165, 1.54) is 7.11 Å². The predicted molar refractivity (Wildman–Crippen MR) is 91.1 cm³/mol. The lowest BCUT2D eigenvalue weighted by Gasteiger charge is -2.32. The lowest BCUT2D eigenvalue weighted by molar-refractivity contribution is -0.148. The van der Waals surface area contributed by atoms with Crippen molar-refractivity contribution in [1.82, 2.24) is 4.90 Å². The largest absolute Gasteiger partial charge is 0.469 e. The van der Waals surface area contributed by atoms with Crippen molar-refractivity contribution in [2.75, 3.05) is 7.11 Å². The maximum Gasteiger partial charge on any atom is 0.311 e. The van der Waals surface area contributed by atoms with Crippen LogP contribution in [0.15, 0.2) is 30.3 Å². The number of hydrogen-bond acceptors (Lipinski definition) is 4. The maximum absolute atomic E-state index is 13.2. The molecule has 1 heterocycles. The minimum atomic E-state index is -0.776. The molecular formula is C19H24N2O4. The van der Waals surface area contributed by atoms with Gasteiger partial charge in [-0.2, -0.15) is 0 Å². The summed E-state index contributed by atoms with van der Waals surface area (Å²) in [6.07, 6.45) is 3.89. The minimum Gasteiger partial charge on any atom is -0.469 e. The SMILES string of the molecule is COC(=O)C1CC(C(N)=O)N(C(=O)C2CCCC2)C1c1ccccc1. The molecule has 1 aromatic rings. The molecule has 0 spiro atoms. The van der Waals surface area contributed by atoms with Crippen LogP contribution >= 0.6 is 0 Å². The van der Waals surface area contributed by atoms with E-state index in [-0.39, 0.29) is 18.2 Å². The molecule has 6 heteroatoms. The third-order valence-corrected chi connectivity index (χ3v) is 5.43. The quantitative estimate of drug-likeness (QED) is 0.843. The molecule has 0 radical (unpaired) electrons. The minimum absolute atomic E-state index is 0.0680. The number of benzene rings is 1. The van der Waals surface area contributed by atoms with Gasteiger partial charge in [0.05, 0.1) is 19.1 Å². The Labute approximate surface area is 147 Å². The second-order valence-corrected chi connectivity index (χ2v) is 6.87. The van der Waals surface area contributed by atoms with Crippen LogP contribution in [-0.2, 0) is 19.1 Å². The normalized spacial score (nSPS) is 26.6. The Hall–Kier alpha value is -2.37. The topological polar surface area (TPSA) is 89.7 Å². The maximum atomic E-state index is 13.2. The van der Waals surface area contributed by atoms with E-state index in [9.17, 15) is 14.4 Å². The van der Waals surface area contributed by atoms with Crippen LogP contribution in [-0.4, -0.2) is 35.8 Å². The molecule has 1 saturated heterocycles. The van der Waals surface area contributed by atoms with Crippen LogP contribution in [0.3, 0.4) is 0 Å². The summed E-state index contributed by atoms with van der Waals surface area (Å²) in [6, 6.07) is 8.05. The number of primary amides is 1. The van der Waals surface area contributed by atoms with Crippen LogP contribution in [0.25, 0.3) is 0 Å². The van der Waals surface area contributed by atoms with Crippen LogP contribution in [0.4, 0.5) is 0 Å². The molecule has 0 aromatic heterocycles. The fourth-order valence-corrected chi connectivity index (χ4v) is 4.22. The monoisotopic (exact) mass is 344 g/mol. The Morgan fingerprint density at radius 3 is 2.32 bits per heavy atom. The first-order valence-electron chi connectivity index (χ1n) is 8.79. The van der Waals surface area contributed by atoms with Crippen LogP contribution in [0.1, 0.15) is 43.7 Å². The van der Waals surface area contributed by atoms with Crippen molar-refractivity contribution in [2.24, 2.45) is 17.6 Å². The van der Waals surface area contributed by atoms with Crippen molar-refractivity contribution in [3.05, 3.63) is 35.9 Å². The number of ether oxygens (including phenoxy) is 1. The van der Waals surface area contributed by atoms with Gasteiger partial charge in [-0.3, -0.25) is 14.4 Å². The van der Waals surface area contributed by atoms with Crippen LogP contribution < -0.4 is 5.73 Å². The summed E-state index contributed by atoms with van der Waals surface area (Å²) in [5, 5.41) is 0. The Bertz CT molecular complexity index is 655. The molecule has 1 saturated carbocycles. The molecule has 3 rings (SSSR count). The number of methoxy groups -OCH3 is 1. The number of carbonyl (C=O) groups excluding carboxylic acids is 3. The fraction of sp³-hybridized carbons (Fsp3) is 0.526. The van der Waals surface area contributed by atoms with Crippen LogP contribution in [0.2, 0.25) is 0 Å². The van der Waals surface area contributed by atoms with E-state index in [1.807, 2.05) is 30.3 Å². The molecule has 3 atom stereocenters. The Balaban J connectivity index is 2.02. The molecule has 1 aliphatic heterocycles. The standard InChI is InChI=1S/C19H24N2O4/c1-25-19(24)14-11-15(17(20)22)21(18(23)13-9-5-6-10-13)16(14)12-7-3-2-4-8-12/h2-4,7-8,13-16H,5-6,9-11H2,1H3,(H2,20,22). The molecule has 2 aliphatic rings. The highest BCUT2D eigenvalue weighted by molar-refractivity contribution is 5.91. The first-order chi connectivity index (χ1) is 12.0. The summed E-state index contributed by atoms with van der Waals surface area (Å²) >= 11 is 0. The lowest BCUT2D eigenvalue weighted by atomic mass is 9.92. The highest BCUT2D eigenvalue weighted by Gasteiger charge is 2.51. The molecule has 1 aliphatic carbocycles. The summed E-state index contributed by atoms with van der Waals surface area (Å²) < 4.78 is 4.94. The predicted octanol–water partition coefficient (Wildman–Crippen LogP) is 1.79. The Morgan fingerprint density at radius 2 is 1.76 bits per heavy atom. The zero-order valence-corrected chi connectivity index (χ0v) is 14.4. The van der Waals surface area contributed by atoms with Crippen molar-refractivity contribution >= 4 is 17.8 Å². The van der Waals surface area contributed by atoms with Gasteiger partial charge < -0.3 is 15.4 Å². The smallest absolute Gasteiger partial charge is 0.311 e. The van der Waals surface area contributed by atoms with Crippen LogP contribution in [0, 0.1) is 11.8 Å². The Morgan fingerprint density at radius 1 is 1.12 bits per heavy atom. The van der Waals surface area contributed by atoms with E-state index in [0.717, 1.165) is 31.2 Å². The average molecular weight is 344 g/mol. The third kappa shape index (κ3) is 3.25. The van der Waals surface area contributed by atoms with Gasteiger partial charge in [-0.05, 0) is 24.8 Å². The van der Waals surface area contributed by atoms with Gasteiger partial charge in [0.1, 0.15) is 6.04 Å². The van der Waals surface area contributed by atoms with Gasteiger partial charge in [0.25, 0.3) is 0 Å². The van der Waals surface area contributed by atoms with Gasteiger partial charge in [-0.15, -0.1) is 0 Å². The summed E-state index contributed by atoms with van der Waals surface area (Å²) in [7, 11) is 1.32. The molecule has 6 nitrogen and oxygen atoms in total. The van der Waals surface area contributed by atoms with Gasteiger partial charge in [0.2, 0.25) is 11.8 Å². The molecule has 1 aromatic carbocycles. The van der Waals surface area contributed by atoms with Gasteiger partial charge in [-0.25, -0.2) is 0 Å². The Kier molecular flexibility index (Phi) is 5.06. The molecular weight excluding hydrogens is 320 g/mol. The molecule has 25 heavy (non-hydrogen) atoms. The number of nitrogens with zero attached hydrogens (tertiary/aromatic N) is 1. The average Bonchev–Trinajstić information content (AvgIpc) is 3.29. The van der Waals surface area contributed by atoms with E-state index < -0.39 is 29.9 Å². The second-order valence-electron chi connectivity index (χ2n) is 6.87. The van der Waals surface area contributed by atoms with Gasteiger partial charge >= 0.3 is 5.97 Å². The molecule has 2 fully saturated rings. The van der Waals surface area contributed by atoms with E-state index in [4.69, 9.17) is 10.5 Å². The molecule has 2 amide bonds. The van der Waals surface area contributed by atoms with Gasteiger partial charge in [0.15, 0.2) is 0 Å². The van der Waals surface area contributed by atoms with Crippen LogP contribution in [0.5, 0.6) is 0 Å². The van der Waals surface area contributed by atoms with E-state index in [1.54, 1.807) is 4.90 Å². The third-order valence-electron chi connectivity index (χ3n) is 5.43. The highest BCUT2D eigenvalue weighted by Crippen LogP contribution is 2.43. The molecule has 0 bridgehead atoms. The number of carbonyl (C=O) groups is 3. The number of nitrogens with two attached hydrogens (primary N) is 1. The van der Waals surface area contributed by atoms with Gasteiger partial charge in [0, 0.05) is 5.92 Å². The molecule has 3 unspecified atom stereocenters. The van der Waals surface area contributed by atoms with Crippen molar-refractivity contribution in [1.29, 1.82) is 0 Å². The zero-order chi connectivity index (χ0) is 18.0. The lowest BCUT2D eigenvalue weighted by Crippen LogP contribution is -2.47. The first-order valence-corrected chi connectivity index (χ1v) is 8.79. The van der Waals surface area contributed by atoms with E-state index in [2.05, 4.69) is 0 Å². The fourth-order valence-electron chi connectivity index (χ4n) is 4.22. The number of hydrogen-bond donors (Lipinski definition) is 1. The zero-order valence-electron chi connectivity index (χ0n) is 14.4. The summed E-state index contributed by atoms with van der Waals surface area (Å²) in [5.74, 6) is -1.73. The second kappa shape index (κ2) is 7.25. The summed E-state index contributed by atoms with van der Waals surface area (Å²) in [5.41, 5.74) is 6.41. The van der Waals surface area contributed by atoms with E-state index in [0.29, 0.717) is 0 Å². The number of esters is 1. The van der Waals surface area contributed by atoms with Crippen molar-refractivity contribution in [3.63, 3.8) is 0 Å². The number of rotatable bonds is 4. The van der Waals surface area contributed by atoms with Crippen molar-refractivity contribution in [2.45, 2.75) is 44.2 Å². The van der Waals surface area contributed by atoms with Crippen molar-refractivity contribution in [3.8, 4) is 0 Å². The van der Waals surface area contributed by atoms with Gasteiger partial charge in [-0.1, -0.05) is 43.2 Å². The summed E-state index contributed by atoms with van der Waals surface area (Å²) in [6.45, 7) is 0. The number of likely N-dealkylation sites (tertiary alicyclic amines) is 1. The first kappa shape index (κ1) is 17.5. The highest BCUT2D eigenvalue weighted by atomic mass is 16.5. The van der Waals surface area contributed by atoms with Crippen molar-refractivity contribution < 1.29 is 19.1 Å². The summed E-state index contributed by atoms with van der Waals surface area (Å²) in [4.78, 5) is 39.1.